The number of nitrogens with zero attached hydrogens (tertiary/aromatic N) is 1. The molecule has 0 saturated carbocycles. The van der Waals surface area contributed by atoms with Crippen LogP contribution in [0.4, 0.5) is 17.1 Å². The fraction of sp³-hybridized carbons (Fsp3) is 0. The summed E-state index contributed by atoms with van der Waals surface area (Å²) < 4.78 is 42.9. The molecular formula is C50H33NO. The molecule has 0 fully saturated rings. The molecule has 0 amide bonds. The largest absolute Gasteiger partial charge is 0.455 e. The maximum absolute atomic E-state index is 9.45. The topological polar surface area (TPSA) is 16.4 Å². The molecule has 0 spiro atoms. The highest BCUT2D eigenvalue weighted by atomic mass is 16.3. The minimum absolute atomic E-state index is 0.101. The highest BCUT2D eigenvalue weighted by Gasteiger charge is 2.22. The first-order chi connectivity index (χ1) is 27.4. The molecule has 10 aromatic rings. The Morgan fingerprint density at radius 3 is 1.87 bits per heavy atom. The Kier molecular flexibility index (Phi) is 6.22. The maximum Gasteiger partial charge on any atom is 0.143 e. The van der Waals surface area contributed by atoms with Crippen LogP contribution in [0.15, 0.2) is 205 Å². The summed E-state index contributed by atoms with van der Waals surface area (Å²) in [5.41, 5.74) is 8.80. The smallest absolute Gasteiger partial charge is 0.143 e. The van der Waals surface area contributed by atoms with Crippen LogP contribution in [-0.2, 0) is 0 Å². The van der Waals surface area contributed by atoms with Gasteiger partial charge in [0.2, 0.25) is 0 Å². The van der Waals surface area contributed by atoms with Gasteiger partial charge in [0.05, 0.1) is 22.2 Å². The lowest BCUT2D eigenvalue weighted by molar-refractivity contribution is 0.672. The van der Waals surface area contributed by atoms with Crippen LogP contribution in [0.3, 0.4) is 0 Å². The van der Waals surface area contributed by atoms with Crippen molar-refractivity contribution < 1.29 is 9.90 Å². The summed E-state index contributed by atoms with van der Waals surface area (Å²) >= 11 is 0. The van der Waals surface area contributed by atoms with Crippen LogP contribution in [0, 0.1) is 0 Å². The molecule has 0 bridgehead atoms. The van der Waals surface area contributed by atoms with Crippen molar-refractivity contribution >= 4 is 60.5 Å². The van der Waals surface area contributed by atoms with Gasteiger partial charge in [0.25, 0.3) is 0 Å². The Morgan fingerprint density at radius 2 is 1.06 bits per heavy atom. The van der Waals surface area contributed by atoms with E-state index in [0.29, 0.717) is 22.4 Å². The summed E-state index contributed by atoms with van der Waals surface area (Å²) in [6.45, 7) is 0. The van der Waals surface area contributed by atoms with E-state index < -0.39 is 0 Å². The lowest BCUT2D eigenvalue weighted by atomic mass is 9.98. The van der Waals surface area contributed by atoms with E-state index in [1.54, 1.807) is 0 Å². The molecule has 0 aliphatic carbocycles. The van der Waals surface area contributed by atoms with Crippen molar-refractivity contribution in [2.45, 2.75) is 0 Å². The number of rotatable bonds is 6. The van der Waals surface area contributed by atoms with Gasteiger partial charge < -0.3 is 9.32 Å². The summed E-state index contributed by atoms with van der Waals surface area (Å²) in [5, 5.41) is 6.27. The Hall–Kier alpha value is -6.90. The minimum Gasteiger partial charge on any atom is -0.455 e. The molecule has 0 N–H and O–H groups in total. The van der Waals surface area contributed by atoms with Crippen LogP contribution in [-0.4, -0.2) is 0 Å². The van der Waals surface area contributed by atoms with E-state index in [1.807, 2.05) is 77.7 Å². The molecule has 0 atom stereocenters. The molecular weight excluding hydrogens is 631 g/mol. The molecule has 0 aliphatic heterocycles. The van der Waals surface area contributed by atoms with Crippen LogP contribution in [0.5, 0.6) is 0 Å². The fourth-order valence-electron chi connectivity index (χ4n) is 7.42. The number of hydrogen-bond acceptors (Lipinski definition) is 2. The first-order valence-corrected chi connectivity index (χ1v) is 17.4. The van der Waals surface area contributed by atoms with Crippen molar-refractivity contribution in [2.24, 2.45) is 0 Å². The normalized spacial score (nSPS) is 12.5. The van der Waals surface area contributed by atoms with Crippen molar-refractivity contribution in [1.29, 1.82) is 0 Å². The van der Waals surface area contributed by atoms with E-state index in [2.05, 4.69) is 103 Å². The van der Waals surface area contributed by atoms with Gasteiger partial charge in [0.1, 0.15) is 11.2 Å². The average molecular weight is 668 g/mol. The summed E-state index contributed by atoms with van der Waals surface area (Å²) in [5.74, 6) is 0. The first-order valence-electron chi connectivity index (χ1n) is 19.4. The zero-order valence-electron chi connectivity index (χ0n) is 32.1. The molecule has 1 aromatic heterocycles. The quantitative estimate of drug-likeness (QED) is 0.175. The number of benzene rings is 9. The van der Waals surface area contributed by atoms with Gasteiger partial charge in [-0.2, -0.15) is 0 Å². The predicted octanol–water partition coefficient (Wildman–Crippen LogP) is 14.4. The highest BCUT2D eigenvalue weighted by Crippen LogP contribution is 2.47. The van der Waals surface area contributed by atoms with Crippen LogP contribution in [0.25, 0.3) is 76.9 Å². The molecule has 9 aromatic carbocycles. The molecule has 10 rings (SSSR count). The van der Waals surface area contributed by atoms with Gasteiger partial charge in [-0.15, -0.1) is 0 Å². The van der Waals surface area contributed by atoms with E-state index in [0.717, 1.165) is 60.8 Å². The van der Waals surface area contributed by atoms with Gasteiger partial charge in [0, 0.05) is 22.0 Å². The van der Waals surface area contributed by atoms with Gasteiger partial charge in [0.15, 0.2) is 0 Å². The third-order valence-electron chi connectivity index (χ3n) is 9.99. The molecule has 0 unspecified atom stereocenters. The average Bonchev–Trinajstić information content (AvgIpc) is 3.65. The SMILES string of the molecule is [2H]c1c([2H])c([2H])c(N(c2ccc(-c3ccc(-c4ccc5ccccc5c4)cc3)cc2)c2cccc3oc4c5ccccc5ccc4c23)c(-c2ccccc2)c1[2H]. The standard InChI is InChI=1S/C50H33NO/c1-2-12-38(13-3-1)43-16-8-9-18-46(43)51(47-19-10-20-48-49(47)45-32-29-39-14-6-7-17-44(39)50(45)52-48)42-30-27-36(28-31-42)35-21-23-37(24-22-35)41-26-25-34-11-4-5-15-40(34)33-41/h1-33H/i8D,9D,16D,18D. The second-order valence-corrected chi connectivity index (χ2v) is 13.0. The number of anilines is 3. The molecule has 0 aliphatic rings. The number of furan rings is 1. The van der Waals surface area contributed by atoms with E-state index in [9.17, 15) is 2.74 Å². The predicted molar refractivity (Wildman–Crippen MR) is 220 cm³/mol. The van der Waals surface area contributed by atoms with Gasteiger partial charge in [-0.1, -0.05) is 158 Å². The third kappa shape index (κ3) is 5.12. The van der Waals surface area contributed by atoms with Crippen molar-refractivity contribution in [3.63, 3.8) is 0 Å². The van der Waals surface area contributed by atoms with E-state index in [-0.39, 0.29) is 24.2 Å². The second kappa shape index (κ2) is 12.5. The Balaban J connectivity index is 1.16. The summed E-state index contributed by atoms with van der Waals surface area (Å²) in [7, 11) is 0. The first kappa shape index (κ1) is 26.0. The fourth-order valence-corrected chi connectivity index (χ4v) is 7.42. The van der Waals surface area contributed by atoms with Gasteiger partial charge in [-0.25, -0.2) is 0 Å². The molecule has 0 radical (unpaired) electrons. The molecule has 1 heterocycles. The lowest BCUT2D eigenvalue weighted by Crippen LogP contribution is -2.11. The minimum atomic E-state index is -0.298. The van der Waals surface area contributed by atoms with Crippen molar-refractivity contribution in [3.8, 4) is 33.4 Å². The van der Waals surface area contributed by atoms with Crippen LogP contribution in [0.2, 0.25) is 0 Å². The van der Waals surface area contributed by atoms with Crippen LogP contribution < -0.4 is 4.90 Å². The third-order valence-corrected chi connectivity index (χ3v) is 9.99. The Bertz CT molecular complexity index is 3120. The molecule has 2 heteroatoms. The van der Waals surface area contributed by atoms with Gasteiger partial charge in [-0.3, -0.25) is 0 Å². The van der Waals surface area contributed by atoms with Crippen LogP contribution in [0.1, 0.15) is 5.48 Å². The molecule has 2 nitrogen and oxygen atoms in total. The summed E-state index contributed by atoms with van der Waals surface area (Å²) in [6, 6.07) is 58.6. The summed E-state index contributed by atoms with van der Waals surface area (Å²) in [4.78, 5) is 1.97. The second-order valence-electron chi connectivity index (χ2n) is 13.0. The Labute approximate surface area is 308 Å². The number of para-hydroxylation sites is 1. The number of fused-ring (bicyclic) bond motifs is 6. The van der Waals surface area contributed by atoms with E-state index in [4.69, 9.17) is 7.16 Å². The van der Waals surface area contributed by atoms with E-state index >= 15 is 0 Å². The van der Waals surface area contributed by atoms with Crippen molar-refractivity contribution in [2.75, 3.05) is 4.90 Å². The molecule has 52 heavy (non-hydrogen) atoms. The monoisotopic (exact) mass is 667 g/mol. The van der Waals surface area contributed by atoms with Gasteiger partial charge in [-0.05, 0) is 86.4 Å². The highest BCUT2D eigenvalue weighted by molar-refractivity contribution is 6.19. The Morgan fingerprint density at radius 1 is 0.423 bits per heavy atom. The van der Waals surface area contributed by atoms with Crippen LogP contribution >= 0.6 is 0 Å². The zero-order chi connectivity index (χ0) is 37.9. The summed E-state index contributed by atoms with van der Waals surface area (Å²) in [6.07, 6.45) is 0. The van der Waals surface area contributed by atoms with E-state index in [1.165, 1.54) is 10.8 Å². The molecule has 0 saturated heterocycles. The van der Waals surface area contributed by atoms with Crippen molar-refractivity contribution in [3.05, 3.63) is 200 Å². The van der Waals surface area contributed by atoms with Crippen molar-refractivity contribution in [1.82, 2.24) is 0 Å². The van der Waals surface area contributed by atoms with Gasteiger partial charge >= 0.3 is 0 Å². The number of hydrogen-bond donors (Lipinski definition) is 0. The maximum atomic E-state index is 9.45. The molecule has 244 valence electrons. The zero-order valence-corrected chi connectivity index (χ0v) is 28.1. The lowest BCUT2D eigenvalue weighted by Gasteiger charge is -2.28.